The average molecular weight is 249 g/mol. The number of hydrogen-bond donors (Lipinski definition) is 1. The Kier molecular flexibility index (Phi) is 4.12. The Morgan fingerprint density at radius 2 is 2.00 bits per heavy atom. The van der Waals surface area contributed by atoms with Gasteiger partial charge in [0.25, 0.3) is 0 Å². The van der Waals surface area contributed by atoms with Crippen molar-refractivity contribution in [1.29, 1.82) is 0 Å². The molecule has 1 aromatic carbocycles. The Morgan fingerprint density at radius 3 is 2.50 bits per heavy atom. The Morgan fingerprint density at radius 1 is 1.28 bits per heavy atom. The molecule has 18 heavy (non-hydrogen) atoms. The van der Waals surface area contributed by atoms with E-state index in [-0.39, 0.29) is 0 Å². The van der Waals surface area contributed by atoms with Crippen LogP contribution in [0.25, 0.3) is 0 Å². The van der Waals surface area contributed by atoms with Gasteiger partial charge in [0.15, 0.2) is 0 Å². The van der Waals surface area contributed by atoms with E-state index in [1.165, 1.54) is 18.4 Å². The van der Waals surface area contributed by atoms with Gasteiger partial charge < -0.3 is 15.2 Å². The quantitative estimate of drug-likeness (QED) is 0.843. The molecular formula is C15H23NO2. The average Bonchev–Trinajstić information content (AvgIpc) is 3.20. The summed E-state index contributed by atoms with van der Waals surface area (Å²) in [4.78, 5) is 0. The highest BCUT2D eigenvalue weighted by Gasteiger charge is 2.33. The molecule has 1 unspecified atom stereocenters. The molecule has 2 rings (SSSR count). The molecule has 0 heterocycles. The lowest BCUT2D eigenvalue weighted by Crippen LogP contribution is -2.11. The Hall–Kier alpha value is -1.22. The van der Waals surface area contributed by atoms with E-state index in [0.717, 1.165) is 35.9 Å². The van der Waals surface area contributed by atoms with Gasteiger partial charge >= 0.3 is 0 Å². The molecule has 0 spiro atoms. The Balaban J connectivity index is 2.38. The fourth-order valence-corrected chi connectivity index (χ4v) is 2.80. The molecule has 0 aromatic heterocycles. The van der Waals surface area contributed by atoms with E-state index in [0.29, 0.717) is 5.92 Å². The number of hydrogen-bond acceptors (Lipinski definition) is 3. The lowest BCUT2D eigenvalue weighted by molar-refractivity contribution is 0.379. The van der Waals surface area contributed by atoms with Gasteiger partial charge in [-0.1, -0.05) is 6.07 Å². The van der Waals surface area contributed by atoms with Crippen LogP contribution in [0.3, 0.4) is 0 Å². The lowest BCUT2D eigenvalue weighted by atomic mass is 9.89. The minimum absolute atomic E-state index is 0.537. The number of rotatable bonds is 6. The van der Waals surface area contributed by atoms with Gasteiger partial charge in [-0.2, -0.15) is 0 Å². The summed E-state index contributed by atoms with van der Waals surface area (Å²) < 4.78 is 11.0. The molecule has 2 N–H and O–H groups in total. The fraction of sp³-hybridized carbons (Fsp3) is 0.600. The van der Waals surface area contributed by atoms with Crippen molar-refractivity contribution in [2.45, 2.75) is 32.1 Å². The monoisotopic (exact) mass is 249 g/mol. The van der Waals surface area contributed by atoms with Crippen molar-refractivity contribution >= 4 is 0 Å². The number of benzene rings is 1. The van der Waals surface area contributed by atoms with Gasteiger partial charge in [-0.05, 0) is 56.2 Å². The van der Waals surface area contributed by atoms with Gasteiger partial charge in [0.05, 0.1) is 14.2 Å². The first-order valence-electron chi connectivity index (χ1n) is 6.64. The van der Waals surface area contributed by atoms with Crippen LogP contribution in [0.15, 0.2) is 12.1 Å². The van der Waals surface area contributed by atoms with Crippen molar-refractivity contribution in [2.75, 3.05) is 20.8 Å². The van der Waals surface area contributed by atoms with Crippen molar-refractivity contribution < 1.29 is 9.47 Å². The zero-order chi connectivity index (χ0) is 13.1. The summed E-state index contributed by atoms with van der Waals surface area (Å²) in [6.07, 6.45) is 3.67. The predicted octanol–water partition coefficient (Wildman–Crippen LogP) is 2.85. The van der Waals surface area contributed by atoms with Crippen LogP contribution in [0.4, 0.5) is 0 Å². The maximum Gasteiger partial charge on any atom is 0.128 e. The Labute approximate surface area is 109 Å². The van der Waals surface area contributed by atoms with Crippen LogP contribution in [0.2, 0.25) is 0 Å². The first-order valence-corrected chi connectivity index (χ1v) is 6.64. The van der Waals surface area contributed by atoms with Crippen LogP contribution >= 0.6 is 0 Å². The molecule has 1 aromatic rings. The van der Waals surface area contributed by atoms with Crippen LogP contribution in [0, 0.1) is 12.8 Å². The van der Waals surface area contributed by atoms with Crippen LogP contribution in [-0.4, -0.2) is 20.8 Å². The van der Waals surface area contributed by atoms with Gasteiger partial charge in [-0.25, -0.2) is 0 Å². The van der Waals surface area contributed by atoms with Crippen LogP contribution < -0.4 is 15.2 Å². The molecule has 0 aliphatic heterocycles. The topological polar surface area (TPSA) is 44.5 Å². The molecule has 1 aliphatic carbocycles. The molecule has 0 bridgehead atoms. The van der Waals surface area contributed by atoms with Gasteiger partial charge in [-0.3, -0.25) is 0 Å². The van der Waals surface area contributed by atoms with E-state index in [1.807, 2.05) is 13.0 Å². The van der Waals surface area contributed by atoms with Crippen molar-refractivity contribution in [3.05, 3.63) is 23.3 Å². The first-order chi connectivity index (χ1) is 8.72. The standard InChI is InChI=1S/C15H23NO2/c1-10-14(17-2)7-6-13(15(10)18-3)12(8-9-16)11-4-5-11/h6-7,11-12H,4-5,8-9,16H2,1-3H3. The van der Waals surface area contributed by atoms with E-state index < -0.39 is 0 Å². The predicted molar refractivity (Wildman–Crippen MR) is 73.4 cm³/mol. The first kappa shape index (κ1) is 13.2. The summed E-state index contributed by atoms with van der Waals surface area (Å²) >= 11 is 0. The number of ether oxygens (including phenoxy) is 2. The third-order valence-electron chi connectivity index (χ3n) is 3.88. The molecule has 0 radical (unpaired) electrons. The zero-order valence-electron chi connectivity index (χ0n) is 11.5. The van der Waals surface area contributed by atoms with Gasteiger partial charge in [-0.15, -0.1) is 0 Å². The fourth-order valence-electron chi connectivity index (χ4n) is 2.80. The minimum Gasteiger partial charge on any atom is -0.496 e. The molecule has 1 atom stereocenters. The number of methoxy groups -OCH3 is 2. The second-order valence-corrected chi connectivity index (χ2v) is 5.04. The molecule has 100 valence electrons. The highest BCUT2D eigenvalue weighted by Crippen LogP contribution is 2.48. The minimum atomic E-state index is 0.537. The largest absolute Gasteiger partial charge is 0.496 e. The normalized spacial score (nSPS) is 16.4. The molecule has 1 fully saturated rings. The van der Waals surface area contributed by atoms with Crippen molar-refractivity contribution in [3.8, 4) is 11.5 Å². The highest BCUT2D eigenvalue weighted by molar-refractivity contribution is 5.51. The maximum atomic E-state index is 5.75. The second-order valence-electron chi connectivity index (χ2n) is 5.04. The third kappa shape index (κ3) is 2.46. The van der Waals surface area contributed by atoms with Crippen molar-refractivity contribution in [1.82, 2.24) is 0 Å². The van der Waals surface area contributed by atoms with Crippen molar-refractivity contribution in [2.24, 2.45) is 11.7 Å². The van der Waals surface area contributed by atoms with Gasteiger partial charge in [0, 0.05) is 5.56 Å². The SMILES string of the molecule is COc1ccc(C(CCN)C2CC2)c(OC)c1C. The molecular weight excluding hydrogens is 226 g/mol. The van der Waals surface area contributed by atoms with E-state index in [4.69, 9.17) is 15.2 Å². The highest BCUT2D eigenvalue weighted by atomic mass is 16.5. The molecule has 3 heteroatoms. The summed E-state index contributed by atoms with van der Waals surface area (Å²) in [5, 5.41) is 0. The van der Waals surface area contributed by atoms with Crippen molar-refractivity contribution in [3.63, 3.8) is 0 Å². The number of nitrogens with two attached hydrogens (primary N) is 1. The molecule has 1 aliphatic rings. The summed E-state index contributed by atoms with van der Waals surface area (Å²) in [5.74, 6) is 3.18. The van der Waals surface area contributed by atoms with Crippen LogP contribution in [0.5, 0.6) is 11.5 Å². The molecule has 0 saturated heterocycles. The van der Waals surface area contributed by atoms with E-state index in [2.05, 4.69) is 6.07 Å². The molecule has 0 amide bonds. The molecule has 1 saturated carbocycles. The third-order valence-corrected chi connectivity index (χ3v) is 3.88. The summed E-state index contributed by atoms with van der Waals surface area (Å²) in [7, 11) is 3.43. The molecule has 3 nitrogen and oxygen atoms in total. The van der Waals surface area contributed by atoms with Gasteiger partial charge in [0.1, 0.15) is 11.5 Å². The maximum absolute atomic E-state index is 5.75. The van der Waals surface area contributed by atoms with Crippen LogP contribution in [-0.2, 0) is 0 Å². The zero-order valence-corrected chi connectivity index (χ0v) is 11.5. The lowest BCUT2D eigenvalue weighted by Gasteiger charge is -2.21. The second kappa shape index (κ2) is 5.61. The smallest absolute Gasteiger partial charge is 0.128 e. The Bertz CT molecular complexity index is 413. The van der Waals surface area contributed by atoms with E-state index in [9.17, 15) is 0 Å². The van der Waals surface area contributed by atoms with Gasteiger partial charge in [0.2, 0.25) is 0 Å². The van der Waals surface area contributed by atoms with Crippen LogP contribution in [0.1, 0.15) is 36.3 Å². The summed E-state index contributed by atoms with van der Waals surface area (Å²) in [5.41, 5.74) is 8.13. The summed E-state index contributed by atoms with van der Waals surface area (Å²) in [6, 6.07) is 4.18. The summed E-state index contributed by atoms with van der Waals surface area (Å²) in [6.45, 7) is 2.78. The van der Waals surface area contributed by atoms with E-state index in [1.54, 1.807) is 14.2 Å². The van der Waals surface area contributed by atoms with E-state index >= 15 is 0 Å².